The van der Waals surface area contributed by atoms with Gasteiger partial charge in [-0.3, -0.25) is 0 Å². The van der Waals surface area contributed by atoms with Gasteiger partial charge in [0.15, 0.2) is 0 Å². The first-order chi connectivity index (χ1) is 14.6. The zero-order chi connectivity index (χ0) is 20.7. The van der Waals surface area contributed by atoms with Crippen molar-refractivity contribution in [3.05, 3.63) is 78.1 Å². The molecule has 0 fully saturated rings. The van der Waals surface area contributed by atoms with Gasteiger partial charge in [-0.1, -0.05) is 12.1 Å². The van der Waals surface area contributed by atoms with Gasteiger partial charge in [-0.15, -0.1) is 0 Å². The zero-order valence-corrected chi connectivity index (χ0v) is 16.9. The predicted octanol–water partition coefficient (Wildman–Crippen LogP) is 5.45. The molecule has 0 atom stereocenters. The Labute approximate surface area is 173 Å². The minimum absolute atomic E-state index is 0.202. The number of hydrogen-bond acceptors (Lipinski definition) is 3. The van der Waals surface area contributed by atoms with E-state index in [0.717, 1.165) is 44.8 Å². The van der Waals surface area contributed by atoms with E-state index in [9.17, 15) is 4.39 Å². The maximum absolute atomic E-state index is 13.9. The fourth-order valence-electron chi connectivity index (χ4n) is 4.04. The standard InChI is InChI=1S/C24H22FN5/c1-15-9-19(25)12-23-20(15)10-16(2)30(23)8-7-27-24-13-22(28-14-29-24)18-4-3-17-5-6-26-21(17)11-18/h3-6,9-14,26H,7-8H2,1-2H3,(H,27,28,29). The molecule has 2 N–H and O–H groups in total. The quantitative estimate of drug-likeness (QED) is 0.413. The molecule has 6 heteroatoms. The zero-order valence-electron chi connectivity index (χ0n) is 16.9. The third-order valence-electron chi connectivity index (χ3n) is 5.56. The molecule has 2 aromatic carbocycles. The summed E-state index contributed by atoms with van der Waals surface area (Å²) in [4.78, 5) is 12.0. The maximum atomic E-state index is 13.9. The number of rotatable bonds is 5. The minimum Gasteiger partial charge on any atom is -0.368 e. The summed E-state index contributed by atoms with van der Waals surface area (Å²) >= 11 is 0. The van der Waals surface area contributed by atoms with E-state index in [1.54, 1.807) is 18.5 Å². The van der Waals surface area contributed by atoms with E-state index in [2.05, 4.69) is 56.0 Å². The Hall–Kier alpha value is -3.67. The Morgan fingerprint density at radius 2 is 1.93 bits per heavy atom. The lowest BCUT2D eigenvalue weighted by Gasteiger charge is -2.11. The summed E-state index contributed by atoms with van der Waals surface area (Å²) in [6.45, 7) is 5.38. The van der Waals surface area contributed by atoms with E-state index >= 15 is 0 Å². The third-order valence-corrected chi connectivity index (χ3v) is 5.56. The monoisotopic (exact) mass is 399 g/mol. The molecule has 0 spiro atoms. The van der Waals surface area contributed by atoms with E-state index in [1.807, 2.05) is 25.3 Å². The molecule has 0 unspecified atom stereocenters. The summed E-state index contributed by atoms with van der Waals surface area (Å²) in [5.41, 5.74) is 5.98. The van der Waals surface area contributed by atoms with Crippen LogP contribution in [0.5, 0.6) is 0 Å². The van der Waals surface area contributed by atoms with Crippen molar-refractivity contribution in [3.8, 4) is 11.3 Å². The van der Waals surface area contributed by atoms with Gasteiger partial charge in [0.05, 0.1) is 11.2 Å². The van der Waals surface area contributed by atoms with Crippen molar-refractivity contribution in [3.63, 3.8) is 0 Å². The van der Waals surface area contributed by atoms with Gasteiger partial charge < -0.3 is 14.9 Å². The lowest BCUT2D eigenvalue weighted by molar-refractivity contribution is 0.626. The van der Waals surface area contributed by atoms with Crippen molar-refractivity contribution in [1.29, 1.82) is 0 Å². The Bertz CT molecular complexity index is 1370. The Balaban J connectivity index is 1.35. The number of aromatic amines is 1. The number of fused-ring (bicyclic) bond motifs is 2. The fourth-order valence-corrected chi connectivity index (χ4v) is 4.04. The molecule has 0 aliphatic heterocycles. The van der Waals surface area contributed by atoms with Gasteiger partial charge >= 0.3 is 0 Å². The number of H-pyrrole nitrogens is 1. The van der Waals surface area contributed by atoms with E-state index < -0.39 is 0 Å². The van der Waals surface area contributed by atoms with Gasteiger partial charge in [-0.2, -0.15) is 0 Å². The van der Waals surface area contributed by atoms with Crippen LogP contribution in [0.25, 0.3) is 33.1 Å². The van der Waals surface area contributed by atoms with E-state index in [0.29, 0.717) is 13.1 Å². The number of hydrogen-bond donors (Lipinski definition) is 2. The van der Waals surface area contributed by atoms with Crippen LogP contribution in [0.15, 0.2) is 61.1 Å². The second-order valence-electron chi connectivity index (χ2n) is 7.59. The molecule has 0 aliphatic rings. The summed E-state index contributed by atoms with van der Waals surface area (Å²) < 4.78 is 16.0. The highest BCUT2D eigenvalue weighted by Crippen LogP contribution is 2.25. The first kappa shape index (κ1) is 18.4. The number of aryl methyl sites for hydroxylation is 2. The molecule has 3 heterocycles. The Morgan fingerprint density at radius 3 is 2.83 bits per heavy atom. The Kier molecular flexibility index (Phi) is 4.47. The second-order valence-corrected chi connectivity index (χ2v) is 7.59. The molecule has 0 amide bonds. The first-order valence-electron chi connectivity index (χ1n) is 9.98. The number of nitrogens with zero attached hydrogens (tertiary/aromatic N) is 3. The molecule has 0 saturated carbocycles. The summed E-state index contributed by atoms with van der Waals surface area (Å²) in [6.07, 6.45) is 3.51. The lowest BCUT2D eigenvalue weighted by atomic mass is 10.1. The van der Waals surface area contributed by atoms with Gasteiger partial charge in [-0.25, -0.2) is 14.4 Å². The molecule has 5 aromatic rings. The molecule has 30 heavy (non-hydrogen) atoms. The van der Waals surface area contributed by atoms with Crippen LogP contribution in [0.3, 0.4) is 0 Å². The van der Waals surface area contributed by atoms with Crippen molar-refractivity contribution in [2.75, 3.05) is 11.9 Å². The topological polar surface area (TPSA) is 58.5 Å². The number of benzene rings is 2. The highest BCUT2D eigenvalue weighted by Gasteiger charge is 2.10. The minimum atomic E-state index is -0.202. The number of halogens is 1. The van der Waals surface area contributed by atoms with Crippen molar-refractivity contribution in [2.24, 2.45) is 0 Å². The SMILES string of the molecule is Cc1cc(F)cc2c1cc(C)n2CCNc1cc(-c2ccc3cc[nH]c3c2)ncn1. The van der Waals surface area contributed by atoms with Gasteiger partial charge in [0.2, 0.25) is 0 Å². The highest BCUT2D eigenvalue weighted by atomic mass is 19.1. The van der Waals surface area contributed by atoms with Crippen LogP contribution in [-0.2, 0) is 6.54 Å². The van der Waals surface area contributed by atoms with Crippen molar-refractivity contribution in [2.45, 2.75) is 20.4 Å². The van der Waals surface area contributed by atoms with Crippen LogP contribution in [0, 0.1) is 19.7 Å². The molecule has 0 bridgehead atoms. The Morgan fingerprint density at radius 1 is 1.03 bits per heavy atom. The molecule has 0 radical (unpaired) electrons. The van der Waals surface area contributed by atoms with Crippen molar-refractivity contribution >= 4 is 27.6 Å². The molecule has 0 aliphatic carbocycles. The molecule has 5 rings (SSSR count). The van der Waals surface area contributed by atoms with E-state index in [4.69, 9.17) is 0 Å². The average Bonchev–Trinajstić information content (AvgIpc) is 3.33. The first-order valence-corrected chi connectivity index (χ1v) is 9.98. The molecular formula is C24H22FN5. The van der Waals surface area contributed by atoms with Crippen molar-refractivity contribution < 1.29 is 4.39 Å². The molecule has 150 valence electrons. The van der Waals surface area contributed by atoms with Crippen LogP contribution < -0.4 is 5.32 Å². The summed E-state index contributed by atoms with van der Waals surface area (Å²) in [5.74, 6) is 0.565. The third kappa shape index (κ3) is 3.30. The van der Waals surface area contributed by atoms with Crippen LogP contribution in [0.1, 0.15) is 11.3 Å². The number of nitrogens with one attached hydrogen (secondary N) is 2. The summed E-state index contributed by atoms with van der Waals surface area (Å²) in [7, 11) is 0. The highest BCUT2D eigenvalue weighted by molar-refractivity contribution is 5.85. The van der Waals surface area contributed by atoms with Crippen molar-refractivity contribution in [1.82, 2.24) is 19.5 Å². The van der Waals surface area contributed by atoms with Crippen LogP contribution >= 0.6 is 0 Å². The average molecular weight is 399 g/mol. The normalized spacial score (nSPS) is 11.4. The number of aromatic nitrogens is 4. The molecular weight excluding hydrogens is 377 g/mol. The number of anilines is 1. The van der Waals surface area contributed by atoms with E-state index in [1.165, 1.54) is 5.39 Å². The van der Waals surface area contributed by atoms with Crippen LogP contribution in [0.2, 0.25) is 0 Å². The molecule has 3 aromatic heterocycles. The van der Waals surface area contributed by atoms with Crippen LogP contribution in [0.4, 0.5) is 10.2 Å². The predicted molar refractivity (Wildman–Crippen MR) is 119 cm³/mol. The lowest BCUT2D eigenvalue weighted by Crippen LogP contribution is -2.12. The largest absolute Gasteiger partial charge is 0.368 e. The summed E-state index contributed by atoms with van der Waals surface area (Å²) in [5, 5.41) is 5.64. The molecule has 5 nitrogen and oxygen atoms in total. The maximum Gasteiger partial charge on any atom is 0.130 e. The van der Waals surface area contributed by atoms with Gasteiger partial charge in [0.1, 0.15) is 18.0 Å². The smallest absolute Gasteiger partial charge is 0.130 e. The van der Waals surface area contributed by atoms with Gasteiger partial charge in [0.25, 0.3) is 0 Å². The second kappa shape index (κ2) is 7.30. The molecule has 0 saturated heterocycles. The fraction of sp³-hybridized carbons (Fsp3) is 0.167. The van der Waals surface area contributed by atoms with E-state index in [-0.39, 0.29) is 5.82 Å². The van der Waals surface area contributed by atoms with Crippen LogP contribution in [-0.4, -0.2) is 26.1 Å². The van der Waals surface area contributed by atoms with Gasteiger partial charge in [-0.05, 0) is 55.1 Å². The van der Waals surface area contributed by atoms with Gasteiger partial charge in [0, 0.05) is 47.5 Å². The summed E-state index contributed by atoms with van der Waals surface area (Å²) in [6, 6.07) is 15.5.